The number of ether oxygens (including phenoxy) is 2. The van der Waals surface area contributed by atoms with Crippen molar-refractivity contribution >= 4 is 23.5 Å². The summed E-state index contributed by atoms with van der Waals surface area (Å²) >= 11 is 0. The number of benzene rings is 2. The van der Waals surface area contributed by atoms with E-state index in [2.05, 4.69) is 5.32 Å². The highest BCUT2D eigenvalue weighted by molar-refractivity contribution is 6.27. The lowest BCUT2D eigenvalue weighted by Gasteiger charge is -2.30. The molecule has 0 aromatic heterocycles. The molecular formula is C19H18N2O5. The Morgan fingerprint density at radius 1 is 0.962 bits per heavy atom. The van der Waals surface area contributed by atoms with Crippen LogP contribution in [0.1, 0.15) is 5.56 Å². The maximum absolute atomic E-state index is 12.9. The van der Waals surface area contributed by atoms with Crippen molar-refractivity contribution in [3.63, 3.8) is 0 Å². The Morgan fingerprint density at radius 3 is 2.31 bits per heavy atom. The van der Waals surface area contributed by atoms with Gasteiger partial charge in [0, 0.05) is 0 Å². The van der Waals surface area contributed by atoms with E-state index in [0.29, 0.717) is 22.7 Å². The minimum absolute atomic E-state index is 0.134. The van der Waals surface area contributed by atoms with Gasteiger partial charge in [0.25, 0.3) is 0 Å². The van der Waals surface area contributed by atoms with Gasteiger partial charge in [0.2, 0.25) is 11.8 Å². The maximum Gasteiger partial charge on any atom is 0.335 e. The summed E-state index contributed by atoms with van der Waals surface area (Å²) in [6.07, 6.45) is 0.134. The fourth-order valence-electron chi connectivity index (χ4n) is 2.86. The molecule has 7 nitrogen and oxygen atoms in total. The predicted octanol–water partition coefficient (Wildman–Crippen LogP) is 2.15. The summed E-state index contributed by atoms with van der Waals surface area (Å²) in [7, 11) is 3.05. The third-order valence-corrected chi connectivity index (χ3v) is 4.22. The molecule has 1 aliphatic rings. The molecular weight excluding hydrogens is 336 g/mol. The molecule has 0 aliphatic carbocycles. The summed E-state index contributed by atoms with van der Waals surface area (Å²) in [6, 6.07) is 12.8. The maximum atomic E-state index is 12.9. The molecule has 0 bridgehead atoms. The van der Waals surface area contributed by atoms with Gasteiger partial charge < -0.3 is 9.47 Å². The number of hydrogen-bond acceptors (Lipinski definition) is 5. The van der Waals surface area contributed by atoms with Crippen LogP contribution >= 0.6 is 0 Å². The lowest BCUT2D eigenvalue weighted by atomic mass is 9.94. The third-order valence-electron chi connectivity index (χ3n) is 4.22. The number of urea groups is 1. The number of barbiturate groups is 1. The molecule has 1 heterocycles. The van der Waals surface area contributed by atoms with Crippen molar-refractivity contribution in [1.29, 1.82) is 0 Å². The van der Waals surface area contributed by atoms with Gasteiger partial charge in [-0.1, -0.05) is 18.2 Å². The molecule has 0 saturated carbocycles. The SMILES string of the molecule is COc1ccc(N2C(=O)NC(=O)[C@@H](Cc3ccccc3OC)C2=O)cc1. The van der Waals surface area contributed by atoms with Gasteiger partial charge in [0.15, 0.2) is 0 Å². The van der Waals surface area contributed by atoms with Gasteiger partial charge in [-0.3, -0.25) is 14.9 Å². The number of carbonyl (C=O) groups is 3. The highest BCUT2D eigenvalue weighted by Gasteiger charge is 2.41. The van der Waals surface area contributed by atoms with Crippen molar-refractivity contribution in [3.05, 3.63) is 54.1 Å². The second kappa shape index (κ2) is 7.26. The van der Waals surface area contributed by atoms with E-state index in [1.807, 2.05) is 0 Å². The zero-order valence-corrected chi connectivity index (χ0v) is 14.4. The third kappa shape index (κ3) is 3.23. The van der Waals surface area contributed by atoms with Crippen LogP contribution in [0.2, 0.25) is 0 Å². The molecule has 4 amide bonds. The molecule has 2 aromatic carbocycles. The number of nitrogens with zero attached hydrogens (tertiary/aromatic N) is 1. The number of rotatable bonds is 5. The Labute approximate surface area is 150 Å². The number of hydrogen-bond donors (Lipinski definition) is 1. The Kier molecular flexibility index (Phi) is 4.88. The topological polar surface area (TPSA) is 84.9 Å². The highest BCUT2D eigenvalue weighted by atomic mass is 16.5. The summed E-state index contributed by atoms with van der Waals surface area (Å²) in [5.41, 5.74) is 1.08. The smallest absolute Gasteiger partial charge is 0.335 e. The van der Waals surface area contributed by atoms with Crippen LogP contribution in [0, 0.1) is 5.92 Å². The molecule has 1 N–H and O–H groups in total. The van der Waals surface area contributed by atoms with Gasteiger partial charge >= 0.3 is 6.03 Å². The van der Waals surface area contributed by atoms with Crippen molar-refractivity contribution < 1.29 is 23.9 Å². The van der Waals surface area contributed by atoms with Crippen LogP contribution in [-0.4, -0.2) is 32.1 Å². The van der Waals surface area contributed by atoms with Crippen molar-refractivity contribution in [3.8, 4) is 11.5 Å². The second-order valence-electron chi connectivity index (χ2n) is 5.73. The molecule has 7 heteroatoms. The van der Waals surface area contributed by atoms with Crippen LogP contribution in [0.4, 0.5) is 10.5 Å². The zero-order chi connectivity index (χ0) is 18.7. The number of carbonyl (C=O) groups excluding carboxylic acids is 3. The number of methoxy groups -OCH3 is 2. The largest absolute Gasteiger partial charge is 0.497 e. The molecule has 1 saturated heterocycles. The molecule has 26 heavy (non-hydrogen) atoms. The summed E-state index contributed by atoms with van der Waals surface area (Å²) in [4.78, 5) is 38.3. The van der Waals surface area contributed by atoms with Gasteiger partial charge in [-0.2, -0.15) is 0 Å². The molecule has 134 valence electrons. The van der Waals surface area contributed by atoms with Crippen molar-refractivity contribution in [1.82, 2.24) is 5.32 Å². The van der Waals surface area contributed by atoms with E-state index in [0.717, 1.165) is 4.90 Å². The van der Waals surface area contributed by atoms with E-state index in [1.54, 1.807) is 48.5 Å². The highest BCUT2D eigenvalue weighted by Crippen LogP contribution is 2.27. The number of amides is 4. The fraction of sp³-hybridized carbons (Fsp3) is 0.211. The Bertz CT molecular complexity index is 847. The minimum atomic E-state index is -1.02. The van der Waals surface area contributed by atoms with Crippen LogP contribution in [0.25, 0.3) is 0 Å². The van der Waals surface area contributed by atoms with Gasteiger partial charge in [0.05, 0.1) is 19.9 Å². The van der Waals surface area contributed by atoms with Crippen LogP contribution in [0.15, 0.2) is 48.5 Å². The van der Waals surface area contributed by atoms with E-state index in [-0.39, 0.29) is 6.42 Å². The van der Waals surface area contributed by atoms with E-state index in [1.165, 1.54) is 14.2 Å². The quantitative estimate of drug-likeness (QED) is 0.832. The average molecular weight is 354 g/mol. The van der Waals surface area contributed by atoms with E-state index in [4.69, 9.17) is 9.47 Å². The number of para-hydroxylation sites is 1. The van der Waals surface area contributed by atoms with E-state index >= 15 is 0 Å². The first kappa shape index (κ1) is 17.5. The number of anilines is 1. The fourth-order valence-corrected chi connectivity index (χ4v) is 2.86. The van der Waals surface area contributed by atoms with E-state index < -0.39 is 23.8 Å². The van der Waals surface area contributed by atoms with Crippen molar-refractivity contribution in [2.75, 3.05) is 19.1 Å². The molecule has 1 aliphatic heterocycles. The molecule has 0 spiro atoms. The summed E-state index contributed by atoms with van der Waals surface area (Å²) in [6.45, 7) is 0. The molecule has 1 atom stereocenters. The van der Waals surface area contributed by atoms with Gasteiger partial charge in [-0.05, 0) is 42.3 Å². The predicted molar refractivity (Wildman–Crippen MR) is 94.2 cm³/mol. The van der Waals surface area contributed by atoms with Crippen molar-refractivity contribution in [2.45, 2.75) is 6.42 Å². The summed E-state index contributed by atoms with van der Waals surface area (Å²) < 4.78 is 10.4. The van der Waals surface area contributed by atoms with Crippen LogP contribution in [0.5, 0.6) is 11.5 Å². The first-order valence-corrected chi connectivity index (χ1v) is 8.00. The zero-order valence-electron chi connectivity index (χ0n) is 14.4. The van der Waals surface area contributed by atoms with Crippen LogP contribution in [-0.2, 0) is 16.0 Å². The monoisotopic (exact) mass is 354 g/mol. The first-order chi connectivity index (χ1) is 12.5. The average Bonchev–Trinajstić information content (AvgIpc) is 2.66. The number of imide groups is 2. The van der Waals surface area contributed by atoms with Gasteiger partial charge in [-0.15, -0.1) is 0 Å². The molecule has 1 fully saturated rings. The molecule has 0 unspecified atom stereocenters. The van der Waals surface area contributed by atoms with Gasteiger partial charge in [0.1, 0.15) is 17.4 Å². The molecule has 3 rings (SSSR count). The van der Waals surface area contributed by atoms with E-state index in [9.17, 15) is 14.4 Å². The molecule has 2 aromatic rings. The van der Waals surface area contributed by atoms with Crippen molar-refractivity contribution in [2.24, 2.45) is 5.92 Å². The lowest BCUT2D eigenvalue weighted by molar-refractivity contribution is -0.134. The van der Waals surface area contributed by atoms with Crippen LogP contribution in [0.3, 0.4) is 0 Å². The Hall–Kier alpha value is -3.35. The summed E-state index contributed by atoms with van der Waals surface area (Å²) in [5.74, 6) is -1.03. The molecule has 0 radical (unpaired) electrons. The minimum Gasteiger partial charge on any atom is -0.497 e. The Balaban J connectivity index is 1.90. The first-order valence-electron chi connectivity index (χ1n) is 8.00. The lowest BCUT2D eigenvalue weighted by Crippen LogP contribution is -2.58. The normalized spacial score (nSPS) is 17.1. The second-order valence-corrected chi connectivity index (χ2v) is 5.73. The number of nitrogens with one attached hydrogen (secondary N) is 1. The summed E-state index contributed by atoms with van der Waals surface area (Å²) in [5, 5.41) is 2.25. The van der Waals surface area contributed by atoms with Gasteiger partial charge in [-0.25, -0.2) is 9.69 Å². The Morgan fingerprint density at radius 2 is 1.65 bits per heavy atom. The van der Waals surface area contributed by atoms with Crippen LogP contribution < -0.4 is 19.7 Å². The standard InChI is InChI=1S/C19H18N2O5/c1-25-14-9-7-13(8-10-14)21-18(23)15(17(22)20-19(21)24)11-12-5-3-4-6-16(12)26-2/h3-10,15H,11H2,1-2H3,(H,20,22,24)/t15-/m1/s1.